The minimum Gasteiger partial charge on any atom is -0.480 e. The summed E-state index contributed by atoms with van der Waals surface area (Å²) in [7, 11) is -2.40. The van der Waals surface area contributed by atoms with Crippen LogP contribution >= 0.6 is 11.6 Å². The largest absolute Gasteiger partial charge is 0.480 e. The number of β-amino-alcohol motifs (C(OH)–C–C–N with tert-alkyl or cyclic N) is 1. The van der Waals surface area contributed by atoms with Crippen LogP contribution in [0.5, 0.6) is 0 Å². The van der Waals surface area contributed by atoms with Crippen molar-refractivity contribution in [2.45, 2.75) is 49.6 Å². The molecule has 4 N–H and O–H groups in total. The second kappa shape index (κ2) is 12.9. The molecule has 0 radical (unpaired) electrons. The Hall–Kier alpha value is -2.95. The highest BCUT2D eigenvalue weighted by Gasteiger charge is 2.29. The molecular formula is C31H38ClN3O5S. The summed E-state index contributed by atoms with van der Waals surface area (Å²) < 4.78 is 27.9. The highest BCUT2D eigenvalue weighted by Crippen LogP contribution is 2.32. The molecule has 220 valence electrons. The summed E-state index contributed by atoms with van der Waals surface area (Å²) in [6.45, 7) is 4.19. The first-order valence-corrected chi connectivity index (χ1v) is 15.5. The molecule has 10 heteroatoms. The summed E-state index contributed by atoms with van der Waals surface area (Å²) in [6.07, 6.45) is 2.18. The number of aliphatic hydroxyl groups is 1. The Morgan fingerprint density at radius 2 is 1.71 bits per heavy atom. The maximum atomic E-state index is 13.4. The van der Waals surface area contributed by atoms with Crippen molar-refractivity contribution >= 4 is 33.3 Å². The molecule has 8 nitrogen and oxygen atoms in total. The van der Waals surface area contributed by atoms with Crippen LogP contribution in [0.3, 0.4) is 0 Å². The monoisotopic (exact) mass is 599 g/mol. The van der Waals surface area contributed by atoms with Crippen LogP contribution in [0, 0.1) is 5.92 Å². The Morgan fingerprint density at radius 3 is 2.34 bits per heavy atom. The third kappa shape index (κ3) is 8.08. The number of halogens is 1. The van der Waals surface area contributed by atoms with Gasteiger partial charge in [-0.3, -0.25) is 4.79 Å². The quantitative estimate of drug-likeness (QED) is 0.226. The number of hydrogen-bond acceptors (Lipinski definition) is 6. The lowest BCUT2D eigenvalue weighted by Crippen LogP contribution is -2.47. The van der Waals surface area contributed by atoms with Crippen LogP contribution in [0.15, 0.2) is 71.6 Å². The third-order valence-electron chi connectivity index (χ3n) is 7.49. The normalized spacial score (nSPS) is 14.7. The molecule has 0 fully saturated rings. The van der Waals surface area contributed by atoms with E-state index < -0.39 is 22.1 Å². The van der Waals surface area contributed by atoms with Crippen LogP contribution in [0.2, 0.25) is 5.02 Å². The molecule has 0 bridgehead atoms. The third-order valence-corrected chi connectivity index (χ3v) is 9.63. The lowest BCUT2D eigenvalue weighted by molar-refractivity contribution is -0.134. The van der Waals surface area contributed by atoms with Gasteiger partial charge in [0.05, 0.1) is 21.7 Å². The second-order valence-electron chi connectivity index (χ2n) is 11.4. The molecule has 3 aromatic carbocycles. The molecule has 0 saturated carbocycles. The number of sulfonamides is 1. The molecule has 4 rings (SSSR count). The predicted molar refractivity (Wildman–Crippen MR) is 163 cm³/mol. The maximum absolute atomic E-state index is 13.4. The van der Waals surface area contributed by atoms with E-state index in [1.165, 1.54) is 28.5 Å². The molecule has 0 amide bonds. The lowest BCUT2D eigenvalue weighted by Gasteiger charge is -2.31. The summed E-state index contributed by atoms with van der Waals surface area (Å²) in [5.74, 6) is -0.471. The van der Waals surface area contributed by atoms with Crippen molar-refractivity contribution in [3.63, 3.8) is 0 Å². The zero-order valence-electron chi connectivity index (χ0n) is 23.6. The van der Waals surface area contributed by atoms with Crippen LogP contribution < -0.4 is 10.6 Å². The van der Waals surface area contributed by atoms with Crippen molar-refractivity contribution in [1.82, 2.24) is 9.62 Å². The number of carboxylic acids is 1. The number of hydrogen-bond donors (Lipinski definition) is 4. The number of rotatable bonds is 13. The van der Waals surface area contributed by atoms with E-state index in [9.17, 15) is 18.3 Å². The van der Waals surface area contributed by atoms with Crippen LogP contribution in [0.1, 0.15) is 31.4 Å². The van der Waals surface area contributed by atoms with Gasteiger partial charge in [0.1, 0.15) is 6.54 Å². The standard InChI is InChI=1S/C31H38ClN3O5S/c1-31(2,17-21-13-22-7-4-5-8-23(22)14-21)34-18-26(36)20-35(3)41(39,40)27-10-6-9-24(15-27)25-11-12-29(28(32)16-25)33-19-30(37)38/h4-12,15-16,21,26,33-34,36H,13-14,17-20H2,1-3H3,(H,37,38). The Kier molecular flexibility index (Phi) is 9.77. The molecule has 0 spiro atoms. The highest BCUT2D eigenvalue weighted by atomic mass is 35.5. The summed E-state index contributed by atoms with van der Waals surface area (Å²) in [5.41, 5.74) is 4.42. The second-order valence-corrected chi connectivity index (χ2v) is 13.9. The number of carbonyl (C=O) groups is 1. The number of nitrogens with zero attached hydrogens (tertiary/aromatic N) is 1. The number of nitrogens with one attached hydrogen (secondary N) is 2. The van der Waals surface area contributed by atoms with E-state index in [0.29, 0.717) is 27.8 Å². The van der Waals surface area contributed by atoms with Gasteiger partial charge in [0.25, 0.3) is 0 Å². The van der Waals surface area contributed by atoms with Crippen LogP contribution in [-0.4, -0.2) is 67.2 Å². The fourth-order valence-electron chi connectivity index (χ4n) is 5.47. The maximum Gasteiger partial charge on any atom is 0.322 e. The number of fused-ring (bicyclic) bond motifs is 1. The van der Waals surface area contributed by atoms with Gasteiger partial charge in [-0.05, 0) is 85.5 Å². The molecule has 0 heterocycles. The molecule has 1 unspecified atom stereocenters. The van der Waals surface area contributed by atoms with Gasteiger partial charge in [-0.25, -0.2) is 8.42 Å². The minimum absolute atomic E-state index is 0.0553. The van der Waals surface area contributed by atoms with Crippen molar-refractivity contribution in [3.05, 3.63) is 82.9 Å². The molecule has 0 aliphatic heterocycles. The molecule has 3 aromatic rings. The van der Waals surface area contributed by atoms with Crippen molar-refractivity contribution in [1.29, 1.82) is 0 Å². The first-order valence-electron chi connectivity index (χ1n) is 13.7. The van der Waals surface area contributed by atoms with Gasteiger partial charge in [0.15, 0.2) is 0 Å². The zero-order valence-corrected chi connectivity index (χ0v) is 25.2. The summed E-state index contributed by atoms with van der Waals surface area (Å²) in [4.78, 5) is 10.9. The first kappa shape index (κ1) is 31.0. The number of carboxylic acid groups (broad SMARTS) is 1. The van der Waals surface area contributed by atoms with E-state index in [1.54, 1.807) is 36.4 Å². The van der Waals surface area contributed by atoms with Crippen LogP contribution in [0.25, 0.3) is 11.1 Å². The number of aliphatic carboxylic acids is 1. The van der Waals surface area contributed by atoms with Crippen molar-refractivity contribution in [2.24, 2.45) is 5.92 Å². The van der Waals surface area contributed by atoms with Gasteiger partial charge in [-0.15, -0.1) is 0 Å². The molecule has 1 aliphatic rings. The van der Waals surface area contributed by atoms with E-state index in [1.807, 2.05) is 0 Å². The Bertz CT molecular complexity index is 1470. The van der Waals surface area contributed by atoms with E-state index in [0.717, 1.165) is 19.3 Å². The summed E-state index contributed by atoms with van der Waals surface area (Å²) >= 11 is 6.31. The number of anilines is 1. The Balaban J connectivity index is 1.34. The molecular weight excluding hydrogens is 562 g/mol. The van der Waals surface area contributed by atoms with Crippen molar-refractivity contribution in [3.8, 4) is 11.1 Å². The number of aliphatic hydroxyl groups excluding tert-OH is 1. The highest BCUT2D eigenvalue weighted by molar-refractivity contribution is 7.89. The van der Waals surface area contributed by atoms with E-state index in [-0.39, 0.29) is 30.1 Å². The van der Waals surface area contributed by atoms with Gasteiger partial charge in [0.2, 0.25) is 10.0 Å². The molecule has 41 heavy (non-hydrogen) atoms. The summed E-state index contributed by atoms with van der Waals surface area (Å²) in [5, 5.41) is 26.1. The molecule has 1 aliphatic carbocycles. The summed E-state index contributed by atoms with van der Waals surface area (Å²) in [6, 6.07) is 20.1. The topological polar surface area (TPSA) is 119 Å². The molecule has 1 atom stereocenters. The van der Waals surface area contributed by atoms with Gasteiger partial charge in [0, 0.05) is 25.7 Å². The Labute approximate surface area is 247 Å². The number of likely N-dealkylation sites (N-methyl/N-ethyl adjacent to an activating group) is 1. The predicted octanol–water partition coefficient (Wildman–Crippen LogP) is 4.66. The van der Waals surface area contributed by atoms with Crippen LogP contribution in [0.4, 0.5) is 5.69 Å². The fourth-order valence-corrected chi connectivity index (χ4v) is 6.97. The average molecular weight is 600 g/mol. The Morgan fingerprint density at radius 1 is 1.05 bits per heavy atom. The fraction of sp³-hybridized carbons (Fsp3) is 0.387. The van der Waals surface area contributed by atoms with Crippen molar-refractivity contribution in [2.75, 3.05) is 32.0 Å². The van der Waals surface area contributed by atoms with E-state index in [2.05, 4.69) is 48.7 Å². The van der Waals surface area contributed by atoms with E-state index >= 15 is 0 Å². The first-order chi connectivity index (χ1) is 19.3. The number of benzene rings is 3. The molecule has 0 aromatic heterocycles. The van der Waals surface area contributed by atoms with Gasteiger partial charge < -0.3 is 20.8 Å². The lowest BCUT2D eigenvalue weighted by atomic mass is 9.88. The minimum atomic E-state index is -3.87. The van der Waals surface area contributed by atoms with Gasteiger partial charge in [-0.1, -0.05) is 54.1 Å². The van der Waals surface area contributed by atoms with Crippen molar-refractivity contribution < 1.29 is 23.4 Å². The van der Waals surface area contributed by atoms with E-state index in [4.69, 9.17) is 16.7 Å². The van der Waals surface area contributed by atoms with Gasteiger partial charge in [-0.2, -0.15) is 4.31 Å². The zero-order chi connectivity index (χ0) is 29.8. The average Bonchev–Trinajstić information content (AvgIpc) is 3.32. The molecule has 0 saturated heterocycles. The SMILES string of the molecule is CN(CC(O)CNC(C)(C)CC1Cc2ccccc2C1)S(=O)(=O)c1cccc(-c2ccc(NCC(=O)O)c(Cl)c2)c1. The van der Waals surface area contributed by atoms with Gasteiger partial charge >= 0.3 is 5.97 Å². The van der Waals surface area contributed by atoms with Crippen LogP contribution in [-0.2, 0) is 27.7 Å². The smallest absolute Gasteiger partial charge is 0.322 e.